The van der Waals surface area contributed by atoms with E-state index in [1.165, 1.54) is 6.07 Å². The standard InChI is InChI=1S/C10H13NO5S/c1-11-4-7(5-11)6-17(14,15)9-3-2-8(16-9)10(12)13/h2-3,7H,4-6H2,1H3,(H,12,13). The molecule has 1 aromatic rings. The van der Waals surface area contributed by atoms with Gasteiger partial charge in [0, 0.05) is 13.1 Å². The molecule has 1 N–H and O–H groups in total. The third-order valence-electron chi connectivity index (χ3n) is 2.69. The average Bonchev–Trinajstić information content (AvgIpc) is 2.64. The van der Waals surface area contributed by atoms with Gasteiger partial charge < -0.3 is 14.4 Å². The smallest absolute Gasteiger partial charge is 0.371 e. The Kier molecular flexibility index (Phi) is 2.96. The van der Waals surface area contributed by atoms with Gasteiger partial charge in [0.2, 0.25) is 20.7 Å². The Labute approximate surface area is 98.8 Å². The predicted octanol–water partition coefficient (Wildman–Crippen LogP) is 0.313. The first-order chi connectivity index (χ1) is 7.88. The second-order valence-corrected chi connectivity index (χ2v) is 6.26. The molecule has 94 valence electrons. The van der Waals surface area contributed by atoms with Crippen LogP contribution in [0.25, 0.3) is 0 Å². The molecule has 17 heavy (non-hydrogen) atoms. The van der Waals surface area contributed by atoms with E-state index in [1.54, 1.807) is 0 Å². The summed E-state index contributed by atoms with van der Waals surface area (Å²) in [6.07, 6.45) is 0. The van der Waals surface area contributed by atoms with Crippen LogP contribution < -0.4 is 0 Å². The summed E-state index contributed by atoms with van der Waals surface area (Å²) in [5, 5.41) is 8.38. The molecule has 2 heterocycles. The lowest BCUT2D eigenvalue weighted by Gasteiger charge is -2.35. The van der Waals surface area contributed by atoms with Crippen LogP contribution in [0.1, 0.15) is 10.6 Å². The van der Waals surface area contributed by atoms with E-state index in [4.69, 9.17) is 9.52 Å². The van der Waals surface area contributed by atoms with E-state index in [1.807, 2.05) is 11.9 Å². The highest BCUT2D eigenvalue weighted by atomic mass is 32.2. The first kappa shape index (κ1) is 12.1. The third kappa shape index (κ3) is 2.50. The maximum atomic E-state index is 11.9. The summed E-state index contributed by atoms with van der Waals surface area (Å²) in [6.45, 7) is 1.48. The highest BCUT2D eigenvalue weighted by Crippen LogP contribution is 2.21. The van der Waals surface area contributed by atoms with Gasteiger partial charge in [0.25, 0.3) is 0 Å². The number of sulfone groups is 1. The summed E-state index contributed by atoms with van der Waals surface area (Å²) in [5.41, 5.74) is 0. The topological polar surface area (TPSA) is 87.8 Å². The van der Waals surface area contributed by atoms with Crippen molar-refractivity contribution in [1.82, 2.24) is 4.90 Å². The maximum Gasteiger partial charge on any atom is 0.371 e. The Bertz CT molecular complexity index is 527. The lowest BCUT2D eigenvalue weighted by atomic mass is 10.0. The molecule has 0 unspecified atom stereocenters. The molecule has 1 aromatic heterocycles. The molecule has 1 saturated heterocycles. The van der Waals surface area contributed by atoms with Crippen LogP contribution >= 0.6 is 0 Å². The van der Waals surface area contributed by atoms with Gasteiger partial charge in [0.15, 0.2) is 0 Å². The van der Waals surface area contributed by atoms with Gasteiger partial charge in [0.05, 0.1) is 5.75 Å². The van der Waals surface area contributed by atoms with Crippen molar-refractivity contribution >= 4 is 15.8 Å². The van der Waals surface area contributed by atoms with E-state index in [0.29, 0.717) is 0 Å². The molecular weight excluding hydrogens is 246 g/mol. The fourth-order valence-electron chi connectivity index (χ4n) is 1.93. The van der Waals surface area contributed by atoms with Gasteiger partial charge in [-0.25, -0.2) is 13.2 Å². The average molecular weight is 259 g/mol. The number of likely N-dealkylation sites (tertiary alicyclic amines) is 1. The van der Waals surface area contributed by atoms with Gasteiger partial charge in [-0.1, -0.05) is 0 Å². The zero-order valence-corrected chi connectivity index (χ0v) is 10.1. The Morgan fingerprint density at radius 2 is 2.18 bits per heavy atom. The quantitative estimate of drug-likeness (QED) is 0.837. The zero-order chi connectivity index (χ0) is 12.6. The number of hydrogen-bond donors (Lipinski definition) is 1. The zero-order valence-electron chi connectivity index (χ0n) is 9.29. The second kappa shape index (κ2) is 4.15. The molecule has 0 aromatic carbocycles. The molecule has 1 aliphatic rings. The van der Waals surface area contributed by atoms with Crippen LogP contribution in [-0.2, 0) is 9.84 Å². The summed E-state index contributed by atoms with van der Waals surface area (Å²) < 4.78 is 28.6. The number of carboxylic acids is 1. The number of hydrogen-bond acceptors (Lipinski definition) is 5. The molecule has 1 fully saturated rings. The molecule has 0 bridgehead atoms. The van der Waals surface area contributed by atoms with Crippen LogP contribution in [0.4, 0.5) is 0 Å². The fourth-order valence-corrected chi connectivity index (χ4v) is 3.42. The molecule has 0 atom stereocenters. The monoisotopic (exact) mass is 259 g/mol. The largest absolute Gasteiger partial charge is 0.475 e. The van der Waals surface area contributed by atoms with E-state index in [-0.39, 0.29) is 22.5 Å². The Morgan fingerprint density at radius 3 is 2.65 bits per heavy atom. The van der Waals surface area contributed by atoms with E-state index in [2.05, 4.69) is 0 Å². The van der Waals surface area contributed by atoms with Gasteiger partial charge in [-0.15, -0.1) is 0 Å². The van der Waals surface area contributed by atoms with E-state index < -0.39 is 15.8 Å². The van der Waals surface area contributed by atoms with Crippen LogP contribution in [0.5, 0.6) is 0 Å². The van der Waals surface area contributed by atoms with Gasteiger partial charge in [0.1, 0.15) is 0 Å². The van der Waals surface area contributed by atoms with Gasteiger partial charge in [-0.2, -0.15) is 0 Å². The number of rotatable bonds is 4. The molecular formula is C10H13NO5S. The maximum absolute atomic E-state index is 11.9. The lowest BCUT2D eigenvalue weighted by Crippen LogP contribution is -2.46. The van der Waals surface area contributed by atoms with Gasteiger partial charge in [-0.05, 0) is 25.1 Å². The molecule has 7 heteroatoms. The molecule has 0 spiro atoms. The summed E-state index contributed by atoms with van der Waals surface area (Å²) in [7, 11) is -1.60. The molecule has 1 aliphatic heterocycles. The van der Waals surface area contributed by atoms with Crippen molar-refractivity contribution in [3.63, 3.8) is 0 Å². The minimum Gasteiger partial charge on any atom is -0.475 e. The van der Waals surface area contributed by atoms with Crippen molar-refractivity contribution in [1.29, 1.82) is 0 Å². The fraction of sp³-hybridized carbons (Fsp3) is 0.500. The highest BCUT2D eigenvalue weighted by molar-refractivity contribution is 7.91. The summed E-state index contributed by atoms with van der Waals surface area (Å²) in [6, 6.07) is 2.35. The van der Waals surface area contributed by atoms with Crippen LogP contribution in [0.2, 0.25) is 0 Å². The number of carboxylic acid groups (broad SMARTS) is 1. The first-order valence-electron chi connectivity index (χ1n) is 5.13. The molecule has 2 rings (SSSR count). The van der Waals surface area contributed by atoms with Crippen LogP contribution in [0, 0.1) is 5.92 Å². The number of aromatic carboxylic acids is 1. The molecule has 6 nitrogen and oxygen atoms in total. The van der Waals surface area contributed by atoms with E-state index in [9.17, 15) is 13.2 Å². The van der Waals surface area contributed by atoms with Gasteiger partial charge >= 0.3 is 5.97 Å². The van der Waals surface area contributed by atoms with Crippen molar-refractivity contribution in [2.45, 2.75) is 5.09 Å². The van der Waals surface area contributed by atoms with Crippen molar-refractivity contribution in [2.75, 3.05) is 25.9 Å². The van der Waals surface area contributed by atoms with E-state index >= 15 is 0 Å². The first-order valence-corrected chi connectivity index (χ1v) is 6.78. The van der Waals surface area contributed by atoms with Crippen molar-refractivity contribution in [3.05, 3.63) is 17.9 Å². The Balaban J connectivity index is 2.11. The van der Waals surface area contributed by atoms with Crippen molar-refractivity contribution in [2.24, 2.45) is 5.92 Å². The molecule has 0 aliphatic carbocycles. The molecule has 0 saturated carbocycles. The summed E-state index contributed by atoms with van der Waals surface area (Å²) in [4.78, 5) is 12.6. The molecule has 0 amide bonds. The Morgan fingerprint density at radius 1 is 1.53 bits per heavy atom. The normalized spacial score (nSPS) is 17.9. The summed E-state index contributed by atoms with van der Waals surface area (Å²) >= 11 is 0. The molecule has 0 radical (unpaired) electrons. The van der Waals surface area contributed by atoms with Crippen LogP contribution in [0.15, 0.2) is 21.6 Å². The summed E-state index contributed by atoms with van der Waals surface area (Å²) in [5.74, 6) is -1.52. The minimum absolute atomic E-state index is 0.00388. The predicted molar refractivity (Wildman–Crippen MR) is 58.7 cm³/mol. The lowest BCUT2D eigenvalue weighted by molar-refractivity contribution is 0.0656. The van der Waals surface area contributed by atoms with Crippen molar-refractivity contribution < 1.29 is 22.7 Å². The van der Waals surface area contributed by atoms with Gasteiger partial charge in [-0.3, -0.25) is 0 Å². The third-order valence-corrected chi connectivity index (χ3v) is 4.44. The minimum atomic E-state index is -3.51. The second-order valence-electron chi connectivity index (χ2n) is 4.29. The van der Waals surface area contributed by atoms with Crippen LogP contribution in [0.3, 0.4) is 0 Å². The van der Waals surface area contributed by atoms with Crippen LogP contribution in [-0.4, -0.2) is 50.3 Å². The number of nitrogens with zero attached hydrogens (tertiary/aromatic N) is 1. The van der Waals surface area contributed by atoms with Crippen molar-refractivity contribution in [3.8, 4) is 0 Å². The SMILES string of the molecule is CN1CC(CS(=O)(=O)c2ccc(C(=O)O)o2)C1. The number of carbonyl (C=O) groups is 1. The Hall–Kier alpha value is -1.34. The van der Waals surface area contributed by atoms with E-state index in [0.717, 1.165) is 19.2 Å². The number of furan rings is 1. The highest BCUT2D eigenvalue weighted by Gasteiger charge is 2.31.